The van der Waals surface area contributed by atoms with Gasteiger partial charge in [-0.15, -0.1) is 0 Å². The zero-order chi connectivity index (χ0) is 19.5. The second-order valence-electron chi connectivity index (χ2n) is 7.68. The Morgan fingerprint density at radius 1 is 0.964 bits per heavy atom. The third kappa shape index (κ3) is 3.98. The number of benzene rings is 2. The summed E-state index contributed by atoms with van der Waals surface area (Å²) in [5, 5.41) is 2.92. The van der Waals surface area contributed by atoms with Crippen LogP contribution in [0.3, 0.4) is 0 Å². The molecule has 1 aromatic heterocycles. The van der Waals surface area contributed by atoms with Crippen LogP contribution >= 0.6 is 0 Å². The van der Waals surface area contributed by atoms with Crippen molar-refractivity contribution < 1.29 is 4.79 Å². The van der Waals surface area contributed by atoms with E-state index in [-0.39, 0.29) is 11.9 Å². The Labute approximate surface area is 165 Å². The molecule has 1 saturated heterocycles. The molecule has 4 rings (SSSR count). The smallest absolute Gasteiger partial charge is 0.251 e. The van der Waals surface area contributed by atoms with Crippen molar-refractivity contribution in [3.8, 4) is 11.1 Å². The van der Waals surface area contributed by atoms with Crippen LogP contribution in [0.1, 0.15) is 43.5 Å². The van der Waals surface area contributed by atoms with Gasteiger partial charge >= 0.3 is 0 Å². The van der Waals surface area contributed by atoms with Crippen molar-refractivity contribution >= 4 is 22.8 Å². The molecule has 28 heavy (non-hydrogen) atoms. The summed E-state index contributed by atoms with van der Waals surface area (Å²) in [6.45, 7) is 6.03. The Bertz CT molecular complexity index is 976. The summed E-state index contributed by atoms with van der Waals surface area (Å²) in [7, 11) is 0. The van der Waals surface area contributed by atoms with Crippen molar-refractivity contribution in [1.29, 1.82) is 0 Å². The van der Waals surface area contributed by atoms with E-state index >= 15 is 0 Å². The average Bonchev–Trinajstić information content (AvgIpc) is 2.73. The summed E-state index contributed by atoms with van der Waals surface area (Å²) in [4.78, 5) is 23.9. The maximum Gasteiger partial charge on any atom is 0.251 e. The van der Waals surface area contributed by atoms with Crippen LogP contribution < -0.4 is 10.2 Å². The zero-order valence-electron chi connectivity index (χ0n) is 16.5. The van der Waals surface area contributed by atoms with Crippen molar-refractivity contribution in [1.82, 2.24) is 15.3 Å². The van der Waals surface area contributed by atoms with Gasteiger partial charge in [0.2, 0.25) is 0 Å². The first-order valence-corrected chi connectivity index (χ1v) is 10.0. The van der Waals surface area contributed by atoms with Gasteiger partial charge in [0.05, 0.1) is 17.2 Å². The molecule has 0 radical (unpaired) electrons. The molecule has 2 heterocycles. The van der Waals surface area contributed by atoms with Gasteiger partial charge in [-0.2, -0.15) is 0 Å². The molecule has 2 aromatic carbocycles. The highest BCUT2D eigenvalue weighted by molar-refractivity contribution is 5.95. The lowest BCUT2D eigenvalue weighted by Crippen LogP contribution is -2.30. The molecule has 5 nitrogen and oxygen atoms in total. The fourth-order valence-corrected chi connectivity index (χ4v) is 3.62. The Balaban J connectivity index is 1.60. The van der Waals surface area contributed by atoms with Crippen molar-refractivity contribution in [3.05, 3.63) is 54.2 Å². The van der Waals surface area contributed by atoms with E-state index in [0.717, 1.165) is 41.1 Å². The second kappa shape index (κ2) is 7.97. The fraction of sp³-hybridized carbons (Fsp3) is 0.348. The third-order valence-electron chi connectivity index (χ3n) is 5.11. The summed E-state index contributed by atoms with van der Waals surface area (Å²) in [5.41, 5.74) is 4.62. The molecule has 1 amide bonds. The number of hydrogen-bond acceptors (Lipinski definition) is 4. The van der Waals surface area contributed by atoms with Crippen LogP contribution in [0.4, 0.5) is 5.82 Å². The van der Waals surface area contributed by atoms with E-state index in [1.54, 1.807) is 0 Å². The van der Waals surface area contributed by atoms with E-state index in [1.165, 1.54) is 19.3 Å². The highest BCUT2D eigenvalue weighted by Gasteiger charge is 2.13. The number of carbonyl (C=O) groups is 1. The van der Waals surface area contributed by atoms with E-state index in [4.69, 9.17) is 4.98 Å². The minimum absolute atomic E-state index is 0.0444. The second-order valence-corrected chi connectivity index (χ2v) is 7.68. The predicted molar refractivity (Wildman–Crippen MR) is 114 cm³/mol. The van der Waals surface area contributed by atoms with E-state index in [9.17, 15) is 4.79 Å². The number of fused-ring (bicyclic) bond motifs is 1. The Morgan fingerprint density at radius 3 is 2.39 bits per heavy atom. The number of nitrogens with one attached hydrogen (secondary N) is 1. The van der Waals surface area contributed by atoms with Gasteiger partial charge in [-0.1, -0.05) is 18.2 Å². The van der Waals surface area contributed by atoms with Gasteiger partial charge in [-0.3, -0.25) is 9.78 Å². The Hall–Kier alpha value is -2.95. The molecule has 144 valence electrons. The molecule has 1 aliphatic heterocycles. The normalized spacial score (nSPS) is 14.5. The molecule has 0 bridgehead atoms. The molecule has 5 heteroatoms. The molecule has 1 N–H and O–H groups in total. The van der Waals surface area contributed by atoms with E-state index < -0.39 is 0 Å². The first-order chi connectivity index (χ1) is 13.6. The van der Waals surface area contributed by atoms with Crippen LogP contribution in [0.2, 0.25) is 0 Å². The number of carbonyl (C=O) groups excluding carboxylic acids is 1. The molecular weight excluding hydrogens is 348 g/mol. The number of amides is 1. The minimum atomic E-state index is -0.0444. The lowest BCUT2D eigenvalue weighted by atomic mass is 10.0. The van der Waals surface area contributed by atoms with Crippen LogP contribution in [0, 0.1) is 0 Å². The largest absolute Gasteiger partial charge is 0.355 e. The molecule has 0 atom stereocenters. The summed E-state index contributed by atoms with van der Waals surface area (Å²) < 4.78 is 0. The molecule has 0 unspecified atom stereocenters. The molecule has 0 aliphatic carbocycles. The van der Waals surface area contributed by atoms with Gasteiger partial charge in [0, 0.05) is 24.7 Å². The SMILES string of the molecule is CC(C)NC(=O)c1ccc(-c2ccc3ncc(N4CCCCC4)nc3c2)cc1. The number of hydrogen-bond donors (Lipinski definition) is 1. The van der Waals surface area contributed by atoms with E-state index in [2.05, 4.69) is 27.3 Å². The first-order valence-electron chi connectivity index (χ1n) is 10.0. The van der Waals surface area contributed by atoms with Crippen LogP contribution in [0.15, 0.2) is 48.7 Å². The minimum Gasteiger partial charge on any atom is -0.355 e. The van der Waals surface area contributed by atoms with E-state index in [1.807, 2.05) is 50.4 Å². The Kier molecular flexibility index (Phi) is 5.24. The summed E-state index contributed by atoms with van der Waals surface area (Å²) >= 11 is 0. The van der Waals surface area contributed by atoms with Gasteiger partial charge in [0.25, 0.3) is 5.91 Å². The lowest BCUT2D eigenvalue weighted by molar-refractivity contribution is 0.0943. The van der Waals surface area contributed by atoms with Crippen molar-refractivity contribution in [2.24, 2.45) is 0 Å². The highest BCUT2D eigenvalue weighted by Crippen LogP contribution is 2.25. The van der Waals surface area contributed by atoms with Crippen LogP contribution in [-0.4, -0.2) is 35.0 Å². The summed E-state index contributed by atoms with van der Waals surface area (Å²) in [5.74, 6) is 0.919. The number of anilines is 1. The van der Waals surface area contributed by atoms with Crippen LogP contribution in [0.25, 0.3) is 22.2 Å². The maximum absolute atomic E-state index is 12.1. The number of nitrogens with zero attached hydrogens (tertiary/aromatic N) is 3. The molecule has 0 saturated carbocycles. The lowest BCUT2D eigenvalue weighted by Gasteiger charge is -2.27. The highest BCUT2D eigenvalue weighted by atomic mass is 16.1. The van der Waals surface area contributed by atoms with Crippen LogP contribution in [0.5, 0.6) is 0 Å². The zero-order valence-corrected chi connectivity index (χ0v) is 16.5. The van der Waals surface area contributed by atoms with Gasteiger partial charge in [0.15, 0.2) is 0 Å². The van der Waals surface area contributed by atoms with Crippen molar-refractivity contribution in [2.45, 2.75) is 39.2 Å². The Morgan fingerprint density at radius 2 is 1.68 bits per heavy atom. The van der Waals surface area contributed by atoms with Gasteiger partial charge < -0.3 is 10.2 Å². The predicted octanol–water partition coefficient (Wildman–Crippen LogP) is 4.43. The summed E-state index contributed by atoms with van der Waals surface area (Å²) in [6.07, 6.45) is 5.62. The summed E-state index contributed by atoms with van der Waals surface area (Å²) in [6, 6.07) is 14.0. The number of piperidine rings is 1. The van der Waals surface area contributed by atoms with Gasteiger partial charge in [-0.05, 0) is 68.5 Å². The molecule has 1 aliphatic rings. The number of rotatable bonds is 4. The third-order valence-corrected chi connectivity index (χ3v) is 5.11. The molecule has 0 spiro atoms. The van der Waals surface area contributed by atoms with Gasteiger partial charge in [0.1, 0.15) is 5.82 Å². The fourth-order valence-electron chi connectivity index (χ4n) is 3.62. The average molecular weight is 374 g/mol. The maximum atomic E-state index is 12.1. The quantitative estimate of drug-likeness (QED) is 0.734. The van der Waals surface area contributed by atoms with Crippen LogP contribution in [-0.2, 0) is 0 Å². The van der Waals surface area contributed by atoms with Crippen molar-refractivity contribution in [2.75, 3.05) is 18.0 Å². The molecular formula is C23H26N4O. The molecule has 3 aromatic rings. The van der Waals surface area contributed by atoms with Gasteiger partial charge in [-0.25, -0.2) is 4.98 Å². The van der Waals surface area contributed by atoms with Crippen molar-refractivity contribution in [3.63, 3.8) is 0 Å². The van der Waals surface area contributed by atoms with E-state index in [0.29, 0.717) is 5.56 Å². The topological polar surface area (TPSA) is 58.1 Å². The first kappa shape index (κ1) is 18.4. The molecule has 1 fully saturated rings. The number of aromatic nitrogens is 2. The standard InChI is InChI=1S/C23H26N4O/c1-16(2)25-23(28)18-8-6-17(7-9-18)19-10-11-20-21(14-19)26-22(15-24-20)27-12-4-3-5-13-27/h6-11,14-16H,3-5,12-13H2,1-2H3,(H,25,28). The monoisotopic (exact) mass is 374 g/mol.